The number of amides is 1. The number of nitrogens with one attached hydrogen (secondary N) is 1. The molecule has 0 saturated carbocycles. The molecule has 1 heterocycles. The average Bonchev–Trinajstić information content (AvgIpc) is 2.95. The van der Waals surface area contributed by atoms with Crippen molar-refractivity contribution in [2.24, 2.45) is 0 Å². The van der Waals surface area contributed by atoms with Crippen LogP contribution in [0.1, 0.15) is 26.7 Å². The molecule has 24 heavy (non-hydrogen) atoms. The molecule has 0 aliphatic heterocycles. The molecule has 0 radical (unpaired) electrons. The molecule has 0 aliphatic rings. The number of fused-ring (bicyclic) bond motifs is 1. The summed E-state index contributed by atoms with van der Waals surface area (Å²) in [6.45, 7) is 8.30. The maximum absolute atomic E-state index is 12.8. The minimum absolute atomic E-state index is 0.252. The quantitative estimate of drug-likeness (QED) is 0.727. The number of benzene rings is 1. The molecule has 2 rings (SSSR count). The zero-order chi connectivity index (χ0) is 17.7. The Morgan fingerprint density at radius 1 is 1.33 bits per heavy atom. The Morgan fingerprint density at radius 2 is 2.00 bits per heavy atom. The molecule has 130 valence electrons. The third kappa shape index (κ3) is 4.00. The highest BCUT2D eigenvalue weighted by Gasteiger charge is 2.23. The van der Waals surface area contributed by atoms with Crippen LogP contribution in [-0.2, 0) is 14.8 Å². The Labute approximate surface area is 146 Å². The van der Waals surface area contributed by atoms with Gasteiger partial charge in [-0.15, -0.1) is 0 Å². The monoisotopic (exact) mass is 367 g/mol. The lowest BCUT2D eigenvalue weighted by Crippen LogP contribution is -2.32. The van der Waals surface area contributed by atoms with Gasteiger partial charge in [0.2, 0.25) is 15.9 Å². The van der Waals surface area contributed by atoms with Gasteiger partial charge in [-0.1, -0.05) is 31.8 Å². The summed E-state index contributed by atoms with van der Waals surface area (Å²) in [5.74, 6) is -0.348. The molecule has 8 heteroatoms. The number of hydrogen-bond acceptors (Lipinski definition) is 5. The normalized spacial score (nSPS) is 11.8. The van der Waals surface area contributed by atoms with E-state index in [1.165, 1.54) is 15.6 Å². The first-order valence-electron chi connectivity index (χ1n) is 7.76. The van der Waals surface area contributed by atoms with Gasteiger partial charge >= 0.3 is 0 Å². The van der Waals surface area contributed by atoms with E-state index in [0.717, 1.165) is 18.9 Å². The van der Waals surface area contributed by atoms with Gasteiger partial charge in [0, 0.05) is 13.1 Å². The van der Waals surface area contributed by atoms with Gasteiger partial charge in [0.15, 0.2) is 5.13 Å². The molecule has 0 fully saturated rings. The minimum atomic E-state index is -3.53. The Balaban J connectivity index is 2.38. The number of carbonyl (C=O) groups is 1. The van der Waals surface area contributed by atoms with Crippen LogP contribution in [0.3, 0.4) is 0 Å². The van der Waals surface area contributed by atoms with Crippen LogP contribution >= 0.6 is 11.3 Å². The van der Waals surface area contributed by atoms with E-state index in [2.05, 4.69) is 16.9 Å². The molecule has 0 saturated heterocycles. The second kappa shape index (κ2) is 7.87. The van der Waals surface area contributed by atoms with Crippen LogP contribution in [-0.4, -0.2) is 36.7 Å². The van der Waals surface area contributed by atoms with Gasteiger partial charge in [-0.05, 0) is 37.1 Å². The molecule has 2 aromatic rings. The van der Waals surface area contributed by atoms with E-state index >= 15 is 0 Å². The topological polar surface area (TPSA) is 79.4 Å². The van der Waals surface area contributed by atoms with Gasteiger partial charge in [0.05, 0.1) is 15.1 Å². The highest BCUT2D eigenvalue weighted by atomic mass is 32.2. The number of hydrogen-bond donors (Lipinski definition) is 1. The maximum Gasteiger partial charge on any atom is 0.249 e. The summed E-state index contributed by atoms with van der Waals surface area (Å²) < 4.78 is 27.8. The van der Waals surface area contributed by atoms with E-state index in [1.807, 2.05) is 13.8 Å². The Hall–Kier alpha value is -1.77. The smallest absolute Gasteiger partial charge is 0.249 e. The Bertz CT molecular complexity index is 837. The van der Waals surface area contributed by atoms with Crippen LogP contribution < -0.4 is 5.32 Å². The first-order valence-corrected chi connectivity index (χ1v) is 10.0. The zero-order valence-electron chi connectivity index (χ0n) is 13.8. The van der Waals surface area contributed by atoms with Crippen molar-refractivity contribution in [1.82, 2.24) is 9.29 Å². The third-order valence-corrected chi connectivity index (χ3v) is 6.19. The molecule has 0 spiro atoms. The second-order valence-corrected chi connectivity index (χ2v) is 8.21. The fourth-order valence-electron chi connectivity index (χ4n) is 2.28. The standard InChI is InChI=1S/C16H21N3O3S2/c1-4-9-19(10-5-2)24(21,22)12-7-8-13-14(11-12)23-16(17-13)18-15(20)6-3/h6-8,11H,3-5,9-10H2,1-2H3,(H,17,18,20). The van der Waals surface area contributed by atoms with E-state index in [4.69, 9.17) is 0 Å². The maximum atomic E-state index is 12.8. The lowest BCUT2D eigenvalue weighted by atomic mass is 10.3. The highest BCUT2D eigenvalue weighted by molar-refractivity contribution is 7.89. The average molecular weight is 367 g/mol. The largest absolute Gasteiger partial charge is 0.298 e. The van der Waals surface area contributed by atoms with E-state index in [0.29, 0.717) is 28.4 Å². The number of nitrogens with zero attached hydrogens (tertiary/aromatic N) is 2. The minimum Gasteiger partial charge on any atom is -0.298 e. The highest BCUT2D eigenvalue weighted by Crippen LogP contribution is 2.29. The van der Waals surface area contributed by atoms with Crippen LogP contribution in [0.2, 0.25) is 0 Å². The fraction of sp³-hybridized carbons (Fsp3) is 0.375. The van der Waals surface area contributed by atoms with Crippen LogP contribution in [0.15, 0.2) is 35.7 Å². The van der Waals surface area contributed by atoms with Crippen molar-refractivity contribution in [3.05, 3.63) is 30.9 Å². The predicted octanol–water partition coefficient (Wildman–Crippen LogP) is 3.23. The molecule has 0 bridgehead atoms. The predicted molar refractivity (Wildman–Crippen MR) is 97.8 cm³/mol. The van der Waals surface area contributed by atoms with E-state index in [9.17, 15) is 13.2 Å². The number of sulfonamides is 1. The van der Waals surface area contributed by atoms with Crippen molar-refractivity contribution >= 4 is 42.6 Å². The van der Waals surface area contributed by atoms with Crippen LogP contribution in [0.4, 0.5) is 5.13 Å². The van der Waals surface area contributed by atoms with Crippen LogP contribution in [0.5, 0.6) is 0 Å². The summed E-state index contributed by atoms with van der Waals surface area (Å²) in [7, 11) is -3.53. The number of anilines is 1. The lowest BCUT2D eigenvalue weighted by Gasteiger charge is -2.20. The van der Waals surface area contributed by atoms with Crippen molar-refractivity contribution in [3.8, 4) is 0 Å². The van der Waals surface area contributed by atoms with E-state index < -0.39 is 10.0 Å². The second-order valence-electron chi connectivity index (χ2n) is 5.25. The van der Waals surface area contributed by atoms with Crippen molar-refractivity contribution in [3.63, 3.8) is 0 Å². The number of rotatable bonds is 8. The number of carbonyl (C=O) groups excluding carboxylic acids is 1. The SMILES string of the molecule is C=CC(=O)Nc1nc2ccc(S(=O)(=O)N(CCC)CCC)cc2s1. The van der Waals surface area contributed by atoms with Gasteiger partial charge in [-0.25, -0.2) is 13.4 Å². The molecule has 1 N–H and O–H groups in total. The van der Waals surface area contributed by atoms with Crippen LogP contribution in [0.25, 0.3) is 10.2 Å². The van der Waals surface area contributed by atoms with Gasteiger partial charge < -0.3 is 0 Å². The molecule has 0 unspecified atom stereocenters. The molecule has 0 aliphatic carbocycles. The van der Waals surface area contributed by atoms with E-state index in [-0.39, 0.29) is 10.8 Å². The zero-order valence-corrected chi connectivity index (χ0v) is 15.4. The molecule has 0 atom stereocenters. The summed E-state index contributed by atoms with van der Waals surface area (Å²) in [5.41, 5.74) is 0.649. The van der Waals surface area contributed by atoms with Crippen molar-refractivity contribution in [1.29, 1.82) is 0 Å². The van der Waals surface area contributed by atoms with Crippen LogP contribution in [0, 0.1) is 0 Å². The van der Waals surface area contributed by atoms with Gasteiger partial charge in [-0.3, -0.25) is 10.1 Å². The number of thiazole rings is 1. The number of aromatic nitrogens is 1. The lowest BCUT2D eigenvalue weighted by molar-refractivity contribution is -0.111. The summed E-state index contributed by atoms with van der Waals surface area (Å²) in [6.07, 6.45) is 2.69. The Kier molecular flexibility index (Phi) is 6.09. The molecule has 6 nitrogen and oxygen atoms in total. The van der Waals surface area contributed by atoms with Gasteiger partial charge in [0.25, 0.3) is 0 Å². The van der Waals surface area contributed by atoms with E-state index in [1.54, 1.807) is 18.2 Å². The van der Waals surface area contributed by atoms with Crippen molar-refractivity contribution in [2.75, 3.05) is 18.4 Å². The van der Waals surface area contributed by atoms with Gasteiger partial charge in [0.1, 0.15) is 0 Å². The Morgan fingerprint density at radius 3 is 2.58 bits per heavy atom. The summed E-state index contributed by atoms with van der Waals surface area (Å²) in [5, 5.41) is 3.01. The molecule has 1 amide bonds. The first kappa shape index (κ1) is 18.6. The van der Waals surface area contributed by atoms with Gasteiger partial charge in [-0.2, -0.15) is 4.31 Å². The van der Waals surface area contributed by atoms with Crippen molar-refractivity contribution < 1.29 is 13.2 Å². The summed E-state index contributed by atoms with van der Waals surface area (Å²) in [6, 6.07) is 4.84. The first-order chi connectivity index (χ1) is 11.4. The summed E-state index contributed by atoms with van der Waals surface area (Å²) in [4.78, 5) is 15.9. The molecule has 1 aromatic carbocycles. The summed E-state index contributed by atoms with van der Waals surface area (Å²) >= 11 is 1.24. The molecular weight excluding hydrogens is 346 g/mol. The van der Waals surface area contributed by atoms with Crippen molar-refractivity contribution in [2.45, 2.75) is 31.6 Å². The third-order valence-electron chi connectivity index (χ3n) is 3.36. The fourth-order valence-corrected chi connectivity index (χ4v) is 4.91. The molecule has 1 aromatic heterocycles. The molecular formula is C16H21N3O3S2.